The maximum atomic E-state index is 12.9. The van der Waals surface area contributed by atoms with E-state index in [0.29, 0.717) is 59.2 Å². The second-order valence-corrected chi connectivity index (χ2v) is 11.2. The quantitative estimate of drug-likeness (QED) is 0.182. The topological polar surface area (TPSA) is 204 Å². The van der Waals surface area contributed by atoms with Crippen LogP contribution < -0.4 is 5.73 Å². The van der Waals surface area contributed by atoms with Crippen molar-refractivity contribution in [3.8, 4) is 0 Å². The fourth-order valence-electron chi connectivity index (χ4n) is 5.77. The van der Waals surface area contributed by atoms with Gasteiger partial charge in [-0.25, -0.2) is 9.59 Å². The number of rotatable bonds is 9. The summed E-state index contributed by atoms with van der Waals surface area (Å²) < 4.78 is 5.38. The van der Waals surface area contributed by atoms with Gasteiger partial charge in [-0.1, -0.05) is 11.6 Å². The van der Waals surface area contributed by atoms with E-state index in [4.69, 9.17) is 42.5 Å². The van der Waals surface area contributed by atoms with E-state index in [9.17, 15) is 19.5 Å². The molecule has 40 heavy (non-hydrogen) atoms. The number of carbonyl (C=O) groups is 3. The van der Waals surface area contributed by atoms with E-state index in [1.807, 2.05) is 6.07 Å². The number of halogens is 1. The number of ketones is 1. The third-order valence-electron chi connectivity index (χ3n) is 8.08. The molecule has 0 amide bonds. The van der Waals surface area contributed by atoms with Crippen LogP contribution in [0.25, 0.3) is 10.9 Å². The summed E-state index contributed by atoms with van der Waals surface area (Å²) in [6.07, 6.45) is 0.00113. The first-order valence-corrected chi connectivity index (χ1v) is 13.5. The average molecular weight is 580 g/mol. The van der Waals surface area contributed by atoms with Crippen LogP contribution in [-0.2, 0) is 14.3 Å². The molecule has 0 radical (unpaired) electrons. The van der Waals surface area contributed by atoms with Gasteiger partial charge in [0.15, 0.2) is 18.0 Å². The lowest BCUT2D eigenvalue weighted by atomic mass is 9.93. The Bertz CT molecular complexity index is 1240. The van der Waals surface area contributed by atoms with Crippen LogP contribution in [0.15, 0.2) is 24.4 Å². The zero-order valence-electron chi connectivity index (χ0n) is 21.8. The molecule has 12 nitrogen and oxygen atoms in total. The van der Waals surface area contributed by atoms with Crippen LogP contribution in [0.5, 0.6) is 0 Å². The molecular formula is C27H34ClN3O9. The number of nitrogen functional groups attached to an aromatic ring is 1. The number of aliphatic hydroxyl groups excluding tert-OH is 2. The number of β-amino-alcohol motifs (C(OH)–C–C–N with tert-alkyl or cyclic N) is 1. The smallest absolute Gasteiger partial charge is 0.335 e. The fraction of sp³-hybridized carbons (Fsp3) is 0.556. The van der Waals surface area contributed by atoms with Gasteiger partial charge < -0.3 is 36.0 Å². The minimum absolute atomic E-state index is 0.0824. The first kappa shape index (κ1) is 30.1. The van der Waals surface area contributed by atoms with Crippen molar-refractivity contribution < 1.29 is 44.7 Å². The summed E-state index contributed by atoms with van der Waals surface area (Å²) in [5, 5.41) is 44.4. The summed E-state index contributed by atoms with van der Waals surface area (Å²) in [5.74, 6) is -1.53. The third kappa shape index (κ3) is 6.70. The Kier molecular flexibility index (Phi) is 9.28. The number of benzene rings is 1. The highest BCUT2D eigenvalue weighted by Crippen LogP contribution is 2.54. The van der Waals surface area contributed by atoms with Crippen molar-refractivity contribution in [1.29, 1.82) is 0 Å². The molecule has 3 heterocycles. The minimum atomic E-state index is -2.27. The van der Waals surface area contributed by atoms with E-state index < -0.39 is 29.7 Å². The zero-order valence-corrected chi connectivity index (χ0v) is 22.5. The molecule has 2 aromatic rings. The van der Waals surface area contributed by atoms with E-state index in [0.717, 1.165) is 44.3 Å². The maximum Gasteiger partial charge on any atom is 0.335 e. The van der Waals surface area contributed by atoms with Crippen molar-refractivity contribution in [2.45, 2.75) is 43.5 Å². The van der Waals surface area contributed by atoms with Crippen molar-refractivity contribution in [3.05, 3.63) is 35.0 Å². The summed E-state index contributed by atoms with van der Waals surface area (Å²) in [6.45, 7) is 4.12. The lowest BCUT2D eigenvalue weighted by Crippen LogP contribution is -2.46. The van der Waals surface area contributed by atoms with Gasteiger partial charge in [0.1, 0.15) is 0 Å². The van der Waals surface area contributed by atoms with Crippen molar-refractivity contribution in [2.24, 2.45) is 17.8 Å². The lowest BCUT2D eigenvalue weighted by Gasteiger charge is -2.36. The van der Waals surface area contributed by atoms with Crippen LogP contribution >= 0.6 is 11.6 Å². The molecule has 1 aromatic heterocycles. The van der Waals surface area contributed by atoms with Gasteiger partial charge in [-0.2, -0.15) is 0 Å². The van der Waals surface area contributed by atoms with Crippen molar-refractivity contribution in [3.63, 3.8) is 0 Å². The Labute approximate surface area is 235 Å². The molecule has 7 N–H and O–H groups in total. The van der Waals surface area contributed by atoms with Crippen molar-refractivity contribution in [1.82, 2.24) is 9.88 Å². The number of likely N-dealkylation sites (tertiary alicyclic amines) is 1. The second kappa shape index (κ2) is 12.3. The number of anilines is 1. The summed E-state index contributed by atoms with van der Waals surface area (Å²) >= 11 is 6.26. The molecule has 4 unspecified atom stereocenters. The monoisotopic (exact) mass is 579 g/mol. The number of hydrogen-bond acceptors (Lipinski definition) is 10. The molecule has 3 fully saturated rings. The van der Waals surface area contributed by atoms with E-state index in [1.165, 1.54) is 0 Å². The largest absolute Gasteiger partial charge is 0.479 e. The average Bonchev–Trinajstić information content (AvgIpc) is 3.39. The number of nitrogens with two attached hydrogens (primary N) is 1. The molecular weight excluding hydrogens is 546 g/mol. The van der Waals surface area contributed by atoms with Crippen LogP contribution in [0.3, 0.4) is 0 Å². The number of pyridine rings is 1. The predicted octanol–water partition coefficient (Wildman–Crippen LogP) is 1.03. The van der Waals surface area contributed by atoms with Gasteiger partial charge in [-0.05, 0) is 42.4 Å². The van der Waals surface area contributed by atoms with Gasteiger partial charge >= 0.3 is 11.9 Å². The van der Waals surface area contributed by atoms with E-state index in [-0.39, 0.29) is 5.78 Å². The number of carboxylic acids is 2. The number of aliphatic carboxylic acids is 2. The molecule has 2 saturated heterocycles. The number of nitrogens with zero attached hydrogens (tertiary/aromatic N) is 2. The normalized spacial score (nSPS) is 24.9. The Hall–Kier alpha value is -2.87. The number of piperidine rings is 1. The van der Waals surface area contributed by atoms with Crippen LogP contribution in [0.2, 0.25) is 5.02 Å². The number of carboxylic acid groups (broad SMARTS) is 2. The fourth-order valence-corrected chi connectivity index (χ4v) is 5.98. The molecule has 3 aliphatic rings. The Morgan fingerprint density at radius 3 is 2.30 bits per heavy atom. The number of carbonyl (C=O) groups excluding carboxylic acids is 1. The van der Waals surface area contributed by atoms with Crippen LogP contribution in [-0.4, -0.2) is 104 Å². The standard InChI is InChI=1S/C23H28ClN3O3.C4H6O6/c24-19-10-16(22-15(21(19)25)2-1-7-26-22)20(28)4-3-14-17-11-27(12-18(14)17)13-23(29)5-8-30-9-6-23;5-1(3(7)8)2(6)4(9)10/h1-2,7,10,14,17-18,29H,3-6,8-9,11-13,25H2;1-2,5-6H,(H,7,8)(H,9,10). The summed E-state index contributed by atoms with van der Waals surface area (Å²) in [6, 6.07) is 5.32. The van der Waals surface area contributed by atoms with E-state index in [1.54, 1.807) is 18.3 Å². The van der Waals surface area contributed by atoms with Gasteiger partial charge in [0.2, 0.25) is 0 Å². The first-order valence-electron chi connectivity index (χ1n) is 13.1. The second-order valence-electron chi connectivity index (χ2n) is 10.8. The Morgan fingerprint density at radius 2 is 1.73 bits per heavy atom. The van der Waals surface area contributed by atoms with Crippen molar-refractivity contribution >= 4 is 45.9 Å². The van der Waals surface area contributed by atoms with Gasteiger partial charge in [0.05, 0.1) is 21.8 Å². The third-order valence-corrected chi connectivity index (χ3v) is 8.39. The van der Waals surface area contributed by atoms with Crippen LogP contribution in [0.4, 0.5) is 5.69 Å². The zero-order chi connectivity index (χ0) is 29.2. The minimum Gasteiger partial charge on any atom is -0.479 e. The lowest BCUT2D eigenvalue weighted by molar-refractivity contribution is -0.165. The molecule has 1 saturated carbocycles. The molecule has 2 aliphatic heterocycles. The molecule has 0 bridgehead atoms. The maximum absolute atomic E-state index is 12.9. The van der Waals surface area contributed by atoms with Crippen LogP contribution in [0.1, 0.15) is 36.0 Å². The van der Waals surface area contributed by atoms with Gasteiger partial charge in [-0.3, -0.25) is 14.7 Å². The summed E-state index contributed by atoms with van der Waals surface area (Å²) in [5.41, 5.74) is 7.14. The Morgan fingerprint density at radius 1 is 1.12 bits per heavy atom. The Balaban J connectivity index is 0.000000318. The van der Waals surface area contributed by atoms with Gasteiger partial charge in [0, 0.05) is 69.3 Å². The SMILES string of the molecule is Nc1c(Cl)cc(C(=O)CCC2C3CN(CC4(O)CCOCC4)CC23)c2ncccc12.O=C(O)C(O)C(O)C(=O)O. The van der Waals surface area contributed by atoms with Crippen molar-refractivity contribution in [2.75, 3.05) is 38.6 Å². The first-order chi connectivity index (χ1) is 18.9. The highest BCUT2D eigenvalue weighted by Gasteiger charge is 2.55. The van der Waals surface area contributed by atoms with E-state index >= 15 is 0 Å². The van der Waals surface area contributed by atoms with Crippen LogP contribution in [0, 0.1) is 17.8 Å². The number of ether oxygens (including phenoxy) is 1. The molecule has 0 spiro atoms. The number of hydrogen-bond donors (Lipinski definition) is 6. The van der Waals surface area contributed by atoms with Gasteiger partial charge in [0.25, 0.3) is 0 Å². The molecule has 13 heteroatoms. The molecule has 5 rings (SSSR count). The highest BCUT2D eigenvalue weighted by atomic mass is 35.5. The number of aliphatic hydroxyl groups is 3. The number of Topliss-reactive ketones (excluding diaryl/α,β-unsaturated/α-hetero) is 1. The highest BCUT2D eigenvalue weighted by molar-refractivity contribution is 6.35. The number of fused-ring (bicyclic) bond motifs is 2. The molecule has 218 valence electrons. The number of aromatic nitrogens is 1. The predicted molar refractivity (Wildman–Crippen MR) is 144 cm³/mol. The van der Waals surface area contributed by atoms with Gasteiger partial charge in [-0.15, -0.1) is 0 Å². The molecule has 4 atom stereocenters. The molecule has 1 aromatic carbocycles. The summed E-state index contributed by atoms with van der Waals surface area (Å²) in [4.78, 5) is 39.3. The molecule has 1 aliphatic carbocycles. The summed E-state index contributed by atoms with van der Waals surface area (Å²) in [7, 11) is 0. The van der Waals surface area contributed by atoms with E-state index in [2.05, 4.69) is 9.88 Å².